The van der Waals surface area contributed by atoms with Gasteiger partial charge in [-0.15, -0.1) is 0 Å². The van der Waals surface area contributed by atoms with Crippen LogP contribution < -0.4 is 4.90 Å². The fourth-order valence-corrected chi connectivity index (χ4v) is 2.17. The van der Waals surface area contributed by atoms with E-state index in [0.717, 1.165) is 22.5 Å². The minimum Gasteiger partial charge on any atom is -0.355 e. The maximum Gasteiger partial charge on any atom is 0.155 e. The molecule has 1 aliphatic carbocycles. The minimum absolute atomic E-state index is 0.643. The third-order valence-corrected chi connectivity index (χ3v) is 3.33. The largest absolute Gasteiger partial charge is 0.355 e. The molecule has 92 valence electrons. The second kappa shape index (κ2) is 4.41. The standard InChI is InChI=1S/C15H17N3/c1-3-6-14-15(18(2)11-9-10-11)17-13-8-5-4-7-12(13)16-14/h3-8,11H,9-10H2,1-2H3. The average Bonchev–Trinajstić information content (AvgIpc) is 3.22. The highest BCUT2D eigenvalue weighted by atomic mass is 15.2. The molecule has 18 heavy (non-hydrogen) atoms. The molecule has 1 aromatic heterocycles. The van der Waals surface area contributed by atoms with E-state index < -0.39 is 0 Å². The van der Waals surface area contributed by atoms with Crippen molar-refractivity contribution in [3.8, 4) is 0 Å². The highest BCUT2D eigenvalue weighted by molar-refractivity contribution is 5.79. The minimum atomic E-state index is 0.643. The average molecular weight is 239 g/mol. The van der Waals surface area contributed by atoms with Gasteiger partial charge in [-0.25, -0.2) is 9.97 Å². The Morgan fingerprint density at radius 3 is 2.44 bits per heavy atom. The van der Waals surface area contributed by atoms with Gasteiger partial charge in [-0.2, -0.15) is 0 Å². The summed E-state index contributed by atoms with van der Waals surface area (Å²) in [5.41, 5.74) is 2.89. The SMILES string of the molecule is CC=Cc1nc2ccccc2nc1N(C)C1CC1. The van der Waals surface area contributed by atoms with Crippen LogP contribution >= 0.6 is 0 Å². The van der Waals surface area contributed by atoms with Gasteiger partial charge < -0.3 is 4.90 Å². The van der Waals surface area contributed by atoms with Crippen molar-refractivity contribution in [1.82, 2.24) is 9.97 Å². The summed E-state index contributed by atoms with van der Waals surface area (Å²) in [5.74, 6) is 0.995. The van der Waals surface area contributed by atoms with E-state index in [9.17, 15) is 0 Å². The molecule has 3 heteroatoms. The van der Waals surface area contributed by atoms with E-state index in [1.54, 1.807) is 0 Å². The summed E-state index contributed by atoms with van der Waals surface area (Å²) >= 11 is 0. The van der Waals surface area contributed by atoms with Gasteiger partial charge in [0, 0.05) is 13.1 Å². The van der Waals surface area contributed by atoms with Gasteiger partial charge in [-0.1, -0.05) is 18.2 Å². The summed E-state index contributed by atoms with van der Waals surface area (Å²) in [6, 6.07) is 8.68. The van der Waals surface area contributed by atoms with Crippen LogP contribution in [-0.2, 0) is 0 Å². The van der Waals surface area contributed by atoms with Crippen LogP contribution in [0, 0.1) is 0 Å². The number of nitrogens with zero attached hydrogens (tertiary/aromatic N) is 3. The lowest BCUT2D eigenvalue weighted by Gasteiger charge is -2.19. The van der Waals surface area contributed by atoms with Crippen molar-refractivity contribution in [3.05, 3.63) is 36.0 Å². The third kappa shape index (κ3) is 1.96. The maximum absolute atomic E-state index is 4.77. The van der Waals surface area contributed by atoms with E-state index in [1.807, 2.05) is 43.3 Å². The van der Waals surface area contributed by atoms with Gasteiger partial charge in [0.05, 0.1) is 11.0 Å². The number of benzene rings is 1. The van der Waals surface area contributed by atoms with Gasteiger partial charge in [0.15, 0.2) is 5.82 Å². The molecule has 1 saturated carbocycles. The lowest BCUT2D eigenvalue weighted by atomic mass is 10.2. The van der Waals surface area contributed by atoms with E-state index in [1.165, 1.54) is 12.8 Å². The predicted molar refractivity (Wildman–Crippen MR) is 75.7 cm³/mol. The summed E-state index contributed by atoms with van der Waals surface area (Å²) in [6.45, 7) is 2.01. The van der Waals surface area contributed by atoms with Crippen LogP contribution in [0.3, 0.4) is 0 Å². The number of para-hydroxylation sites is 2. The van der Waals surface area contributed by atoms with Crippen molar-refractivity contribution in [3.63, 3.8) is 0 Å². The van der Waals surface area contributed by atoms with Gasteiger partial charge in [-0.05, 0) is 38.0 Å². The Kier molecular flexibility index (Phi) is 2.74. The molecule has 3 nitrogen and oxygen atoms in total. The molecule has 0 spiro atoms. The highest BCUT2D eigenvalue weighted by Gasteiger charge is 2.28. The molecule has 0 N–H and O–H groups in total. The molecule has 1 aromatic carbocycles. The van der Waals surface area contributed by atoms with E-state index >= 15 is 0 Å². The topological polar surface area (TPSA) is 29.0 Å². The molecule has 0 amide bonds. The summed E-state index contributed by atoms with van der Waals surface area (Å²) in [5, 5.41) is 0. The molecule has 3 rings (SSSR count). The zero-order valence-corrected chi connectivity index (χ0v) is 10.8. The van der Waals surface area contributed by atoms with E-state index in [4.69, 9.17) is 9.97 Å². The highest BCUT2D eigenvalue weighted by Crippen LogP contribution is 2.31. The van der Waals surface area contributed by atoms with Crippen molar-refractivity contribution in [2.75, 3.05) is 11.9 Å². The Morgan fingerprint density at radius 1 is 1.17 bits per heavy atom. The molecule has 0 bridgehead atoms. The zero-order chi connectivity index (χ0) is 12.5. The maximum atomic E-state index is 4.77. The van der Waals surface area contributed by atoms with Crippen LogP contribution in [0.5, 0.6) is 0 Å². The number of hydrogen-bond acceptors (Lipinski definition) is 3. The molecule has 2 aromatic rings. The first-order chi connectivity index (χ1) is 8.79. The van der Waals surface area contributed by atoms with E-state index in [-0.39, 0.29) is 0 Å². The van der Waals surface area contributed by atoms with E-state index in [2.05, 4.69) is 11.9 Å². The first-order valence-corrected chi connectivity index (χ1v) is 6.42. The Morgan fingerprint density at radius 2 is 1.83 bits per heavy atom. The number of hydrogen-bond donors (Lipinski definition) is 0. The number of anilines is 1. The summed E-state index contributed by atoms with van der Waals surface area (Å²) in [7, 11) is 2.11. The van der Waals surface area contributed by atoms with Crippen molar-refractivity contribution in [2.24, 2.45) is 0 Å². The smallest absolute Gasteiger partial charge is 0.155 e. The fraction of sp³-hybridized carbons (Fsp3) is 0.333. The fourth-order valence-electron chi connectivity index (χ4n) is 2.17. The molecular weight excluding hydrogens is 222 g/mol. The Balaban J connectivity index is 2.16. The van der Waals surface area contributed by atoms with Crippen LogP contribution in [0.25, 0.3) is 17.1 Å². The molecule has 1 heterocycles. The Hall–Kier alpha value is -1.90. The Bertz CT molecular complexity index is 600. The quantitative estimate of drug-likeness (QED) is 0.823. The van der Waals surface area contributed by atoms with Crippen LogP contribution in [0.4, 0.5) is 5.82 Å². The van der Waals surface area contributed by atoms with E-state index in [0.29, 0.717) is 6.04 Å². The molecule has 0 atom stereocenters. The van der Waals surface area contributed by atoms with Crippen molar-refractivity contribution < 1.29 is 0 Å². The molecule has 0 radical (unpaired) electrons. The molecule has 0 aliphatic heterocycles. The normalized spacial score (nSPS) is 15.4. The van der Waals surface area contributed by atoms with Gasteiger partial charge in [0.1, 0.15) is 5.69 Å². The second-order valence-corrected chi connectivity index (χ2v) is 4.76. The second-order valence-electron chi connectivity index (χ2n) is 4.76. The third-order valence-electron chi connectivity index (χ3n) is 3.33. The van der Waals surface area contributed by atoms with Gasteiger partial charge in [0.2, 0.25) is 0 Å². The van der Waals surface area contributed by atoms with Gasteiger partial charge >= 0.3 is 0 Å². The number of allylic oxidation sites excluding steroid dienone is 1. The first-order valence-electron chi connectivity index (χ1n) is 6.42. The molecule has 0 unspecified atom stereocenters. The van der Waals surface area contributed by atoms with Crippen molar-refractivity contribution in [2.45, 2.75) is 25.8 Å². The number of rotatable bonds is 3. The molecular formula is C15H17N3. The molecule has 1 fully saturated rings. The van der Waals surface area contributed by atoms with Crippen molar-refractivity contribution >= 4 is 22.9 Å². The van der Waals surface area contributed by atoms with Crippen LogP contribution in [0.2, 0.25) is 0 Å². The van der Waals surface area contributed by atoms with Crippen LogP contribution in [-0.4, -0.2) is 23.1 Å². The lowest BCUT2D eigenvalue weighted by Crippen LogP contribution is -2.22. The zero-order valence-electron chi connectivity index (χ0n) is 10.8. The van der Waals surface area contributed by atoms with Gasteiger partial charge in [-0.3, -0.25) is 0 Å². The summed E-state index contributed by atoms with van der Waals surface area (Å²) < 4.78 is 0. The predicted octanol–water partition coefficient (Wildman–Crippen LogP) is 3.26. The van der Waals surface area contributed by atoms with Crippen LogP contribution in [0.1, 0.15) is 25.5 Å². The Labute approximate surface area is 107 Å². The number of aromatic nitrogens is 2. The monoisotopic (exact) mass is 239 g/mol. The lowest BCUT2D eigenvalue weighted by molar-refractivity contribution is 0.889. The number of fused-ring (bicyclic) bond motifs is 1. The van der Waals surface area contributed by atoms with Crippen molar-refractivity contribution in [1.29, 1.82) is 0 Å². The first kappa shape index (κ1) is 11.2. The molecule has 1 aliphatic rings. The molecule has 0 saturated heterocycles. The van der Waals surface area contributed by atoms with Crippen LogP contribution in [0.15, 0.2) is 30.3 Å². The van der Waals surface area contributed by atoms with Gasteiger partial charge in [0.25, 0.3) is 0 Å². The summed E-state index contributed by atoms with van der Waals surface area (Å²) in [6.07, 6.45) is 6.58. The summed E-state index contributed by atoms with van der Waals surface area (Å²) in [4.78, 5) is 11.7.